The Morgan fingerprint density at radius 3 is 2.43 bits per heavy atom. The van der Waals surface area contributed by atoms with Crippen LogP contribution in [0.1, 0.15) is 28.8 Å². The number of benzene rings is 2. The number of hydrogen-bond donors (Lipinski definition) is 2. The van der Waals surface area contributed by atoms with Crippen LogP contribution in [0.5, 0.6) is 5.75 Å². The van der Waals surface area contributed by atoms with E-state index < -0.39 is 0 Å². The Hall–Kier alpha value is -3.14. The summed E-state index contributed by atoms with van der Waals surface area (Å²) in [5.74, 6) is 0.104. The lowest BCUT2D eigenvalue weighted by molar-refractivity contribution is -0.117. The van der Waals surface area contributed by atoms with E-state index in [1.165, 1.54) is 0 Å². The molecule has 0 spiro atoms. The molecule has 3 rings (SSSR count). The maximum Gasteiger partial charge on any atom is 0.254 e. The predicted octanol–water partition coefficient (Wildman–Crippen LogP) is 2.40. The van der Waals surface area contributed by atoms with Crippen LogP contribution in [-0.2, 0) is 20.7 Å². The monoisotopic (exact) mass is 504 g/mol. The number of nitrogens with zero attached hydrogens (tertiary/aromatic N) is 2. The molecule has 0 radical (unpaired) electrons. The normalized spacial score (nSPS) is 13.0. The number of rotatable bonds is 10. The zero-order valence-corrected chi connectivity index (χ0v) is 20.7. The molecule has 2 aromatic carbocycles. The van der Waals surface area contributed by atoms with E-state index in [2.05, 4.69) is 4.99 Å². The molecule has 1 saturated heterocycles. The third-order valence-electron chi connectivity index (χ3n) is 5.42. The molecule has 0 aromatic heterocycles. The van der Waals surface area contributed by atoms with E-state index in [0.29, 0.717) is 57.3 Å². The Morgan fingerprint density at radius 1 is 1.06 bits per heavy atom. The first-order valence-corrected chi connectivity index (χ1v) is 11.3. The summed E-state index contributed by atoms with van der Waals surface area (Å²) in [5, 5.41) is 0. The van der Waals surface area contributed by atoms with Crippen molar-refractivity contribution in [3.05, 3.63) is 53.6 Å². The van der Waals surface area contributed by atoms with Crippen LogP contribution in [0.25, 0.3) is 11.1 Å². The molecule has 1 heterocycles. The van der Waals surface area contributed by atoms with Crippen molar-refractivity contribution in [2.45, 2.75) is 19.3 Å². The molecule has 190 valence electrons. The number of nitrogens with two attached hydrogens (primary N) is 2. The maximum atomic E-state index is 12.7. The van der Waals surface area contributed by atoms with E-state index >= 15 is 0 Å². The molecular formula is C25H33ClN4O5. The second kappa shape index (κ2) is 14.3. The van der Waals surface area contributed by atoms with Gasteiger partial charge in [-0.05, 0) is 35.7 Å². The van der Waals surface area contributed by atoms with E-state index in [9.17, 15) is 9.59 Å². The molecule has 1 fully saturated rings. The highest BCUT2D eigenvalue weighted by molar-refractivity contribution is 5.95. The maximum absolute atomic E-state index is 12.7. The van der Waals surface area contributed by atoms with Crippen molar-refractivity contribution in [1.82, 2.24) is 4.90 Å². The molecule has 4 N–H and O–H groups in total. The van der Waals surface area contributed by atoms with Crippen molar-refractivity contribution in [3.8, 4) is 16.9 Å². The fourth-order valence-electron chi connectivity index (χ4n) is 3.66. The average Bonchev–Trinajstić information content (AvgIpc) is 2.85. The summed E-state index contributed by atoms with van der Waals surface area (Å²) in [5.41, 5.74) is 14.0. The smallest absolute Gasteiger partial charge is 0.254 e. The van der Waals surface area contributed by atoms with E-state index in [4.69, 9.17) is 25.7 Å². The lowest BCUT2D eigenvalue weighted by atomic mass is 9.99. The number of aryl methyl sites for hydroxylation is 1. The summed E-state index contributed by atoms with van der Waals surface area (Å²) >= 11 is 0. The van der Waals surface area contributed by atoms with Crippen LogP contribution in [-0.4, -0.2) is 69.3 Å². The largest absolute Gasteiger partial charge is 0.493 e. The molecular weight excluding hydrogens is 472 g/mol. The number of amides is 2. The van der Waals surface area contributed by atoms with Gasteiger partial charge in [-0.2, -0.15) is 4.99 Å². The van der Waals surface area contributed by atoms with Crippen molar-refractivity contribution >= 4 is 30.2 Å². The van der Waals surface area contributed by atoms with Gasteiger partial charge in [-0.15, -0.1) is 12.4 Å². The van der Waals surface area contributed by atoms with Gasteiger partial charge < -0.3 is 30.6 Å². The summed E-state index contributed by atoms with van der Waals surface area (Å²) in [6.07, 6.45) is 1.42. The number of carbonyl (C=O) groups is 2. The molecule has 0 unspecified atom stereocenters. The van der Waals surface area contributed by atoms with Crippen LogP contribution in [0.4, 0.5) is 0 Å². The standard InChI is InChI=1S/C25H32N4O5.ClH/c1-32-13-2-14-34-22-17-18(4-10-23(30)28-25(26)27)3-9-21(22)19-5-7-20(8-6-19)24(31)29-11-15-33-16-12-29;/h3,5-9,17H,2,4,10-16H2,1H3,(H4,26,27,28,30);1H. The quantitative estimate of drug-likeness (QED) is 0.288. The fraction of sp³-hybridized carbons (Fsp3) is 0.400. The molecule has 1 aliphatic heterocycles. The third kappa shape index (κ3) is 8.54. The second-order valence-corrected chi connectivity index (χ2v) is 7.94. The number of carbonyl (C=O) groups excluding carboxylic acids is 2. The molecule has 10 heteroatoms. The summed E-state index contributed by atoms with van der Waals surface area (Å²) in [7, 11) is 1.65. The molecule has 0 bridgehead atoms. The minimum Gasteiger partial charge on any atom is -0.493 e. The van der Waals surface area contributed by atoms with E-state index in [1.54, 1.807) is 12.0 Å². The highest BCUT2D eigenvalue weighted by Crippen LogP contribution is 2.32. The number of aliphatic imine (C=N–C) groups is 1. The molecule has 0 saturated carbocycles. The highest BCUT2D eigenvalue weighted by atomic mass is 35.5. The van der Waals surface area contributed by atoms with Crippen LogP contribution < -0.4 is 16.2 Å². The number of morpholine rings is 1. The average molecular weight is 505 g/mol. The lowest BCUT2D eigenvalue weighted by Gasteiger charge is -2.26. The van der Waals surface area contributed by atoms with Gasteiger partial charge in [0.25, 0.3) is 5.91 Å². The molecule has 0 aliphatic carbocycles. The van der Waals surface area contributed by atoms with Crippen molar-refractivity contribution in [2.75, 3.05) is 46.6 Å². The number of methoxy groups -OCH3 is 1. The van der Waals surface area contributed by atoms with Crippen molar-refractivity contribution < 1.29 is 23.8 Å². The zero-order chi connectivity index (χ0) is 24.3. The molecule has 0 atom stereocenters. The summed E-state index contributed by atoms with van der Waals surface area (Å²) < 4.78 is 16.5. The van der Waals surface area contributed by atoms with Crippen molar-refractivity contribution in [3.63, 3.8) is 0 Å². The molecule has 2 aromatic rings. The fourth-order valence-corrected chi connectivity index (χ4v) is 3.66. The first kappa shape index (κ1) is 28.1. The van der Waals surface area contributed by atoms with Gasteiger partial charge in [0.05, 0.1) is 19.8 Å². The first-order valence-electron chi connectivity index (χ1n) is 11.3. The van der Waals surface area contributed by atoms with Gasteiger partial charge in [0, 0.05) is 50.8 Å². The number of guanidine groups is 1. The number of halogens is 1. The van der Waals surface area contributed by atoms with Crippen LogP contribution in [0.15, 0.2) is 47.5 Å². The van der Waals surface area contributed by atoms with Crippen molar-refractivity contribution in [1.29, 1.82) is 0 Å². The predicted molar refractivity (Wildman–Crippen MR) is 137 cm³/mol. The van der Waals surface area contributed by atoms with E-state index in [1.807, 2.05) is 42.5 Å². The minimum atomic E-state index is -0.368. The van der Waals surface area contributed by atoms with Gasteiger partial charge in [0.1, 0.15) is 5.75 Å². The Labute approximate surface area is 211 Å². The SMILES string of the molecule is COCCCOc1cc(CCC(=O)N=C(N)N)ccc1-c1ccc(C(=O)N2CCOCC2)cc1.Cl. The molecule has 35 heavy (non-hydrogen) atoms. The molecule has 9 nitrogen and oxygen atoms in total. The third-order valence-corrected chi connectivity index (χ3v) is 5.42. The Balaban J connectivity index is 0.00000432. The van der Waals surface area contributed by atoms with Crippen molar-refractivity contribution in [2.24, 2.45) is 16.5 Å². The van der Waals surface area contributed by atoms with Gasteiger partial charge in [0.2, 0.25) is 5.91 Å². The van der Waals surface area contributed by atoms with Crippen LogP contribution in [0, 0.1) is 0 Å². The van der Waals surface area contributed by atoms with Crippen LogP contribution >= 0.6 is 12.4 Å². The van der Waals surface area contributed by atoms with Crippen LogP contribution in [0.2, 0.25) is 0 Å². The first-order chi connectivity index (χ1) is 16.5. The summed E-state index contributed by atoms with van der Waals surface area (Å²) in [4.78, 5) is 29.9. The number of ether oxygens (including phenoxy) is 3. The summed E-state index contributed by atoms with van der Waals surface area (Å²) in [6.45, 7) is 3.43. The van der Waals surface area contributed by atoms with Gasteiger partial charge >= 0.3 is 0 Å². The lowest BCUT2D eigenvalue weighted by Crippen LogP contribution is -2.40. The van der Waals surface area contributed by atoms with E-state index in [0.717, 1.165) is 23.1 Å². The topological polar surface area (TPSA) is 129 Å². The molecule has 2 amide bonds. The van der Waals surface area contributed by atoms with E-state index in [-0.39, 0.29) is 36.6 Å². The highest BCUT2D eigenvalue weighted by Gasteiger charge is 2.18. The van der Waals surface area contributed by atoms with Crippen LogP contribution in [0.3, 0.4) is 0 Å². The second-order valence-electron chi connectivity index (χ2n) is 7.94. The van der Waals surface area contributed by atoms with Gasteiger partial charge in [-0.25, -0.2) is 0 Å². The van der Waals surface area contributed by atoms with Gasteiger partial charge in [-0.1, -0.05) is 24.3 Å². The zero-order valence-electron chi connectivity index (χ0n) is 19.9. The van der Waals surface area contributed by atoms with Gasteiger partial charge in [-0.3, -0.25) is 9.59 Å². The minimum absolute atomic E-state index is 0. The Kier molecular flexibility index (Phi) is 11.5. The van der Waals surface area contributed by atoms with Gasteiger partial charge in [0.15, 0.2) is 5.96 Å². The Morgan fingerprint density at radius 2 is 1.77 bits per heavy atom. The Bertz CT molecular complexity index is 1000. The summed E-state index contributed by atoms with van der Waals surface area (Å²) in [6, 6.07) is 13.4. The molecule has 1 aliphatic rings. The number of hydrogen-bond acceptors (Lipinski definition) is 5.